The third-order valence-electron chi connectivity index (χ3n) is 1.83. The van der Waals surface area contributed by atoms with E-state index in [9.17, 15) is 0 Å². The Hall–Kier alpha value is -0.720. The number of nitriles is 1. The van der Waals surface area contributed by atoms with E-state index in [2.05, 4.69) is 22.0 Å². The third-order valence-corrected chi connectivity index (χ3v) is 2.80. The van der Waals surface area contributed by atoms with Crippen LogP contribution in [0.3, 0.4) is 0 Å². The number of ether oxygens (including phenoxy) is 1. The van der Waals surface area contributed by atoms with E-state index in [4.69, 9.17) is 21.6 Å². The molecule has 0 aliphatic carbocycles. The predicted molar refractivity (Wildman–Crippen MR) is 59.6 cm³/mol. The third kappa shape index (κ3) is 2.63. The van der Waals surface area contributed by atoms with Crippen LogP contribution in [-0.4, -0.2) is 7.11 Å². The Morgan fingerprint density at radius 3 is 2.86 bits per heavy atom. The SMILES string of the molecule is COc1cc(CCC#N)c(Cl)cc1Br. The van der Waals surface area contributed by atoms with Crippen molar-refractivity contribution in [3.63, 3.8) is 0 Å². The van der Waals surface area contributed by atoms with Gasteiger partial charge in [-0.05, 0) is 40.0 Å². The topological polar surface area (TPSA) is 33.0 Å². The van der Waals surface area contributed by atoms with Gasteiger partial charge in [-0.1, -0.05) is 11.6 Å². The van der Waals surface area contributed by atoms with E-state index in [1.54, 1.807) is 13.2 Å². The molecule has 0 saturated heterocycles. The Labute approximate surface area is 96.6 Å². The molecule has 4 heteroatoms. The monoisotopic (exact) mass is 273 g/mol. The summed E-state index contributed by atoms with van der Waals surface area (Å²) in [5.74, 6) is 0.738. The van der Waals surface area contributed by atoms with Gasteiger partial charge in [0.25, 0.3) is 0 Å². The first-order chi connectivity index (χ1) is 6.69. The molecule has 0 aromatic heterocycles. The summed E-state index contributed by atoms with van der Waals surface area (Å²) >= 11 is 9.33. The van der Waals surface area contributed by atoms with Crippen molar-refractivity contribution < 1.29 is 4.74 Å². The van der Waals surface area contributed by atoms with Crippen LogP contribution in [0, 0.1) is 11.3 Å². The quantitative estimate of drug-likeness (QED) is 0.844. The lowest BCUT2D eigenvalue weighted by atomic mass is 10.1. The molecule has 0 spiro atoms. The molecule has 2 nitrogen and oxygen atoms in total. The lowest BCUT2D eigenvalue weighted by molar-refractivity contribution is 0.411. The zero-order valence-corrected chi connectivity index (χ0v) is 10.0. The largest absolute Gasteiger partial charge is 0.496 e. The molecule has 1 aromatic rings. The summed E-state index contributed by atoms with van der Waals surface area (Å²) in [5, 5.41) is 9.13. The minimum Gasteiger partial charge on any atom is -0.496 e. The summed E-state index contributed by atoms with van der Waals surface area (Å²) < 4.78 is 5.96. The fourth-order valence-corrected chi connectivity index (χ4v) is 2.00. The maximum Gasteiger partial charge on any atom is 0.133 e. The molecule has 0 unspecified atom stereocenters. The molecule has 0 atom stereocenters. The van der Waals surface area contributed by atoms with Crippen LogP contribution >= 0.6 is 27.5 Å². The van der Waals surface area contributed by atoms with Crippen LogP contribution in [0.5, 0.6) is 5.75 Å². The maximum absolute atomic E-state index is 8.47. The molecule has 0 bridgehead atoms. The molecule has 0 radical (unpaired) electrons. The van der Waals surface area contributed by atoms with Gasteiger partial charge in [0.2, 0.25) is 0 Å². The molecule has 14 heavy (non-hydrogen) atoms. The van der Waals surface area contributed by atoms with E-state index in [-0.39, 0.29) is 0 Å². The molecule has 0 amide bonds. The molecular weight excluding hydrogens is 265 g/mol. The van der Waals surface area contributed by atoms with Gasteiger partial charge in [-0.15, -0.1) is 0 Å². The molecule has 0 aliphatic heterocycles. The summed E-state index contributed by atoms with van der Waals surface area (Å²) in [4.78, 5) is 0. The van der Waals surface area contributed by atoms with Crippen molar-refractivity contribution in [2.75, 3.05) is 7.11 Å². The summed E-state index contributed by atoms with van der Waals surface area (Å²) in [5.41, 5.74) is 0.938. The van der Waals surface area contributed by atoms with Crippen LogP contribution in [0.25, 0.3) is 0 Å². The van der Waals surface area contributed by atoms with Crippen LogP contribution < -0.4 is 4.74 Å². The number of hydrogen-bond acceptors (Lipinski definition) is 2. The first kappa shape index (κ1) is 11.4. The molecule has 0 saturated carbocycles. The number of hydrogen-bond donors (Lipinski definition) is 0. The second kappa shape index (κ2) is 5.23. The van der Waals surface area contributed by atoms with Crippen molar-refractivity contribution >= 4 is 27.5 Å². The highest BCUT2D eigenvalue weighted by molar-refractivity contribution is 9.10. The van der Waals surface area contributed by atoms with Gasteiger partial charge in [-0.25, -0.2) is 0 Å². The van der Waals surface area contributed by atoms with Crippen molar-refractivity contribution in [1.29, 1.82) is 5.26 Å². The second-order valence-electron chi connectivity index (χ2n) is 2.74. The molecular formula is C10H9BrClNO. The number of halogens is 2. The van der Waals surface area contributed by atoms with Crippen LogP contribution in [-0.2, 0) is 6.42 Å². The van der Waals surface area contributed by atoms with Gasteiger partial charge >= 0.3 is 0 Å². The van der Waals surface area contributed by atoms with Gasteiger partial charge in [-0.3, -0.25) is 0 Å². The molecule has 0 heterocycles. The Bertz CT molecular complexity index is 373. The Morgan fingerprint density at radius 1 is 1.57 bits per heavy atom. The predicted octanol–water partition coefficient (Wildman–Crippen LogP) is 3.57. The van der Waals surface area contributed by atoms with E-state index in [0.29, 0.717) is 17.9 Å². The average molecular weight is 275 g/mol. The van der Waals surface area contributed by atoms with E-state index in [1.165, 1.54) is 0 Å². The highest BCUT2D eigenvalue weighted by atomic mass is 79.9. The zero-order chi connectivity index (χ0) is 10.6. The highest BCUT2D eigenvalue weighted by Crippen LogP contribution is 2.31. The van der Waals surface area contributed by atoms with Crippen molar-refractivity contribution in [2.24, 2.45) is 0 Å². The van der Waals surface area contributed by atoms with Gasteiger partial charge in [0, 0.05) is 11.4 Å². The summed E-state index contributed by atoms with van der Waals surface area (Å²) in [6.07, 6.45) is 1.11. The number of benzene rings is 1. The number of nitrogens with zero attached hydrogens (tertiary/aromatic N) is 1. The van der Waals surface area contributed by atoms with Crippen molar-refractivity contribution in [3.05, 3.63) is 27.2 Å². The number of aryl methyl sites for hydroxylation is 1. The van der Waals surface area contributed by atoms with E-state index in [0.717, 1.165) is 15.8 Å². The fourth-order valence-electron chi connectivity index (χ4n) is 1.11. The lowest BCUT2D eigenvalue weighted by Crippen LogP contribution is -1.90. The first-order valence-electron chi connectivity index (χ1n) is 4.08. The smallest absolute Gasteiger partial charge is 0.133 e. The summed E-state index contributed by atoms with van der Waals surface area (Å²) in [6, 6.07) is 5.72. The highest BCUT2D eigenvalue weighted by Gasteiger charge is 2.06. The fraction of sp³-hybridized carbons (Fsp3) is 0.300. The molecule has 0 aliphatic rings. The minimum atomic E-state index is 0.463. The first-order valence-corrected chi connectivity index (χ1v) is 5.25. The van der Waals surface area contributed by atoms with Gasteiger partial charge in [0.15, 0.2) is 0 Å². The molecule has 0 N–H and O–H groups in total. The zero-order valence-electron chi connectivity index (χ0n) is 7.68. The molecule has 0 fully saturated rings. The molecule has 1 aromatic carbocycles. The Balaban J connectivity index is 2.99. The van der Waals surface area contributed by atoms with Crippen molar-refractivity contribution in [3.8, 4) is 11.8 Å². The Kier molecular flexibility index (Phi) is 4.24. The summed E-state index contributed by atoms with van der Waals surface area (Å²) in [6.45, 7) is 0. The minimum absolute atomic E-state index is 0.463. The van der Waals surface area contributed by atoms with Crippen LogP contribution in [0.2, 0.25) is 5.02 Å². The number of methoxy groups -OCH3 is 1. The molecule has 74 valence electrons. The standard InChI is InChI=1S/C10H9BrClNO/c1-14-10-5-7(3-2-4-13)9(12)6-8(10)11/h5-6H,2-3H2,1H3. The van der Waals surface area contributed by atoms with Crippen molar-refractivity contribution in [1.82, 2.24) is 0 Å². The van der Waals surface area contributed by atoms with Crippen LogP contribution in [0.1, 0.15) is 12.0 Å². The van der Waals surface area contributed by atoms with Crippen LogP contribution in [0.15, 0.2) is 16.6 Å². The average Bonchev–Trinajstić information content (AvgIpc) is 2.17. The number of rotatable bonds is 3. The van der Waals surface area contributed by atoms with Gasteiger partial charge in [0.05, 0.1) is 17.7 Å². The normalized spacial score (nSPS) is 9.57. The van der Waals surface area contributed by atoms with Gasteiger partial charge in [0.1, 0.15) is 5.75 Å². The second-order valence-corrected chi connectivity index (χ2v) is 4.00. The van der Waals surface area contributed by atoms with Crippen molar-refractivity contribution in [2.45, 2.75) is 12.8 Å². The van der Waals surface area contributed by atoms with E-state index < -0.39 is 0 Å². The van der Waals surface area contributed by atoms with Crippen LogP contribution in [0.4, 0.5) is 0 Å². The Morgan fingerprint density at radius 2 is 2.29 bits per heavy atom. The van der Waals surface area contributed by atoms with Gasteiger partial charge < -0.3 is 4.74 Å². The van der Waals surface area contributed by atoms with E-state index >= 15 is 0 Å². The van der Waals surface area contributed by atoms with E-state index in [1.807, 2.05) is 6.07 Å². The maximum atomic E-state index is 8.47. The van der Waals surface area contributed by atoms with Gasteiger partial charge in [-0.2, -0.15) is 5.26 Å². The lowest BCUT2D eigenvalue weighted by Gasteiger charge is -2.07. The molecule has 1 rings (SSSR count). The summed E-state index contributed by atoms with van der Waals surface area (Å²) in [7, 11) is 1.60.